The molecule has 0 aromatic heterocycles. The molecule has 2 aliphatic heterocycles. The van der Waals surface area contributed by atoms with Gasteiger partial charge >= 0.3 is 0 Å². The van der Waals surface area contributed by atoms with Gasteiger partial charge < -0.3 is 10.2 Å². The Morgan fingerprint density at radius 1 is 0.788 bits per heavy atom. The summed E-state index contributed by atoms with van der Waals surface area (Å²) in [4.78, 5) is 26.7. The molecule has 0 radical (unpaired) electrons. The van der Waals surface area contributed by atoms with Crippen LogP contribution < -0.4 is 5.32 Å². The van der Waals surface area contributed by atoms with E-state index in [0.29, 0.717) is 44.8 Å². The fourth-order valence-electron chi connectivity index (χ4n) is 4.48. The molecule has 0 aliphatic carbocycles. The topological polar surface area (TPSA) is 90.0 Å². The number of benzene rings is 2. The van der Waals surface area contributed by atoms with Crippen LogP contribution in [0.4, 0.5) is 0 Å². The molecule has 2 amide bonds. The van der Waals surface area contributed by atoms with Crippen LogP contribution in [-0.4, -0.2) is 79.6 Å². The van der Waals surface area contributed by atoms with Crippen LogP contribution >= 0.6 is 0 Å². The molecule has 0 atom stereocenters. The predicted octanol–water partition coefficient (Wildman–Crippen LogP) is 2.22. The second-order valence-corrected chi connectivity index (χ2v) is 10.6. The molecule has 0 unspecified atom stereocenters. The largest absolute Gasteiger partial charge is 0.352 e. The van der Waals surface area contributed by atoms with Gasteiger partial charge in [0.15, 0.2) is 0 Å². The Morgan fingerprint density at radius 2 is 1.42 bits per heavy atom. The Bertz CT molecular complexity index is 1090. The monoisotopic (exact) mass is 472 g/mol. The van der Waals surface area contributed by atoms with Gasteiger partial charge in [0.25, 0.3) is 16.1 Å². The number of amides is 2. The predicted molar refractivity (Wildman–Crippen MR) is 128 cm³/mol. The number of nitrogens with one attached hydrogen (secondary N) is 1. The van der Waals surface area contributed by atoms with Gasteiger partial charge in [-0.3, -0.25) is 9.59 Å². The van der Waals surface area contributed by atoms with Gasteiger partial charge in [0.2, 0.25) is 5.91 Å². The maximum absolute atomic E-state index is 12.9. The fourth-order valence-corrected chi connectivity index (χ4v) is 6.15. The smallest absolute Gasteiger partial charge is 0.282 e. The molecule has 2 saturated heterocycles. The first-order chi connectivity index (χ1) is 15.9. The van der Waals surface area contributed by atoms with Gasteiger partial charge in [0.1, 0.15) is 0 Å². The first-order valence-corrected chi connectivity index (χ1v) is 13.1. The molecule has 2 aromatic carbocycles. The van der Waals surface area contributed by atoms with Gasteiger partial charge in [-0.1, -0.05) is 43.2 Å². The van der Waals surface area contributed by atoms with Crippen molar-refractivity contribution in [2.24, 2.45) is 0 Å². The second kappa shape index (κ2) is 10.6. The average Bonchev–Trinajstić information content (AvgIpc) is 3.14. The Balaban J connectivity index is 1.23. The molecule has 0 saturated carbocycles. The van der Waals surface area contributed by atoms with Crippen LogP contribution in [0.5, 0.6) is 0 Å². The van der Waals surface area contributed by atoms with E-state index in [1.165, 1.54) is 4.31 Å². The molecular formula is C24H32N4O4S. The Hall–Kier alpha value is -2.49. The molecule has 9 heteroatoms. The van der Waals surface area contributed by atoms with Gasteiger partial charge in [-0.05, 0) is 35.7 Å². The maximum atomic E-state index is 12.9. The molecule has 2 fully saturated rings. The van der Waals surface area contributed by atoms with Gasteiger partial charge in [-0.15, -0.1) is 0 Å². The van der Waals surface area contributed by atoms with Crippen LogP contribution in [0.2, 0.25) is 0 Å². The molecule has 2 aromatic rings. The minimum Gasteiger partial charge on any atom is -0.352 e. The summed E-state index contributed by atoms with van der Waals surface area (Å²) >= 11 is 0. The van der Waals surface area contributed by atoms with Gasteiger partial charge in [0.05, 0.1) is 0 Å². The van der Waals surface area contributed by atoms with Crippen molar-refractivity contribution in [3.05, 3.63) is 48.0 Å². The van der Waals surface area contributed by atoms with Gasteiger partial charge in [0, 0.05) is 57.8 Å². The third-order valence-corrected chi connectivity index (χ3v) is 8.48. The van der Waals surface area contributed by atoms with Gasteiger partial charge in [-0.2, -0.15) is 17.0 Å². The highest BCUT2D eigenvalue weighted by atomic mass is 32.2. The second-order valence-electron chi connectivity index (χ2n) is 8.67. The molecule has 8 nitrogen and oxygen atoms in total. The number of piperazine rings is 1. The standard InChI is InChI=1S/C24H32N4O4S/c29-23(11-12-25-24(30)22-10-9-20-7-3-4-8-21(20)19-22)26-15-17-28(18-16-26)33(31,32)27-13-5-1-2-6-14-27/h3-4,7-10,19H,1-2,5-6,11-18H2,(H,25,30). The fraction of sp³-hybridized carbons (Fsp3) is 0.500. The van der Waals surface area contributed by atoms with Crippen molar-refractivity contribution in [3.63, 3.8) is 0 Å². The van der Waals surface area contributed by atoms with Crippen molar-refractivity contribution in [1.29, 1.82) is 0 Å². The third-order valence-electron chi connectivity index (χ3n) is 6.45. The Labute approximate surface area is 195 Å². The number of hydrogen-bond acceptors (Lipinski definition) is 4. The number of hydrogen-bond donors (Lipinski definition) is 1. The number of nitrogens with zero attached hydrogens (tertiary/aromatic N) is 3. The van der Waals surface area contributed by atoms with E-state index in [1.54, 1.807) is 15.3 Å². The van der Waals surface area contributed by atoms with Crippen LogP contribution in [0.25, 0.3) is 10.8 Å². The van der Waals surface area contributed by atoms with E-state index in [2.05, 4.69) is 5.32 Å². The van der Waals surface area contributed by atoms with Crippen LogP contribution in [0.1, 0.15) is 42.5 Å². The summed E-state index contributed by atoms with van der Waals surface area (Å²) in [5, 5.41) is 4.88. The molecule has 33 heavy (non-hydrogen) atoms. The molecule has 2 aliphatic rings. The van der Waals surface area contributed by atoms with Crippen molar-refractivity contribution in [3.8, 4) is 0 Å². The summed E-state index contributed by atoms with van der Waals surface area (Å²) in [6.07, 6.45) is 4.15. The van der Waals surface area contributed by atoms with Crippen molar-refractivity contribution in [2.75, 3.05) is 45.8 Å². The maximum Gasteiger partial charge on any atom is 0.282 e. The van der Waals surface area contributed by atoms with E-state index in [-0.39, 0.29) is 24.8 Å². The highest BCUT2D eigenvalue weighted by Crippen LogP contribution is 2.18. The summed E-state index contributed by atoms with van der Waals surface area (Å²) in [5.41, 5.74) is 0.563. The molecule has 4 rings (SSSR count). The Kier molecular flexibility index (Phi) is 7.62. The van der Waals surface area contributed by atoms with Crippen LogP contribution in [0, 0.1) is 0 Å². The van der Waals surface area contributed by atoms with Crippen LogP contribution in [-0.2, 0) is 15.0 Å². The zero-order valence-corrected chi connectivity index (χ0v) is 19.7. The van der Waals surface area contributed by atoms with Crippen molar-refractivity contribution >= 4 is 32.8 Å². The molecule has 0 bridgehead atoms. The summed E-state index contributed by atoms with van der Waals surface area (Å²) in [6, 6.07) is 13.4. The Morgan fingerprint density at radius 3 is 2.12 bits per heavy atom. The van der Waals surface area contributed by atoms with Crippen LogP contribution in [0.3, 0.4) is 0 Å². The lowest BCUT2D eigenvalue weighted by atomic mass is 10.1. The van der Waals surface area contributed by atoms with Crippen molar-refractivity contribution in [2.45, 2.75) is 32.1 Å². The molecule has 1 N–H and O–H groups in total. The highest BCUT2D eigenvalue weighted by Gasteiger charge is 2.33. The lowest BCUT2D eigenvalue weighted by Gasteiger charge is -2.36. The minimum absolute atomic E-state index is 0.0689. The summed E-state index contributed by atoms with van der Waals surface area (Å²) in [5.74, 6) is -0.275. The van der Waals surface area contributed by atoms with E-state index in [0.717, 1.165) is 36.5 Å². The van der Waals surface area contributed by atoms with Crippen molar-refractivity contribution < 1.29 is 18.0 Å². The van der Waals surface area contributed by atoms with Crippen LogP contribution in [0.15, 0.2) is 42.5 Å². The summed E-state index contributed by atoms with van der Waals surface area (Å²) in [7, 11) is -3.46. The molecule has 0 spiro atoms. The third kappa shape index (κ3) is 5.72. The minimum atomic E-state index is -3.46. The zero-order chi connectivity index (χ0) is 23.3. The van der Waals surface area contributed by atoms with E-state index >= 15 is 0 Å². The van der Waals surface area contributed by atoms with E-state index in [4.69, 9.17) is 0 Å². The molecular weight excluding hydrogens is 440 g/mol. The molecule has 178 valence electrons. The number of carbonyl (C=O) groups is 2. The first kappa shape index (κ1) is 23.7. The number of rotatable bonds is 6. The lowest BCUT2D eigenvalue weighted by molar-refractivity contribution is -0.132. The zero-order valence-electron chi connectivity index (χ0n) is 18.9. The average molecular weight is 473 g/mol. The molecule has 2 heterocycles. The quantitative estimate of drug-likeness (QED) is 0.698. The van der Waals surface area contributed by atoms with Crippen molar-refractivity contribution in [1.82, 2.24) is 18.8 Å². The lowest BCUT2D eigenvalue weighted by Crippen LogP contribution is -2.54. The SMILES string of the molecule is O=C(NCCC(=O)N1CCN(S(=O)(=O)N2CCCCCC2)CC1)c1ccc2ccccc2c1. The highest BCUT2D eigenvalue weighted by molar-refractivity contribution is 7.86. The number of carbonyl (C=O) groups excluding carboxylic acids is 2. The number of fused-ring (bicyclic) bond motifs is 1. The van der Waals surface area contributed by atoms with E-state index in [9.17, 15) is 18.0 Å². The summed E-state index contributed by atoms with van der Waals surface area (Å²) < 4.78 is 29.0. The van der Waals surface area contributed by atoms with E-state index in [1.807, 2.05) is 36.4 Å². The normalized spacial score (nSPS) is 18.7. The van der Waals surface area contributed by atoms with E-state index < -0.39 is 10.2 Å². The summed E-state index contributed by atoms with van der Waals surface area (Å²) in [6.45, 7) is 2.80. The van der Waals surface area contributed by atoms with Gasteiger partial charge in [-0.25, -0.2) is 0 Å². The first-order valence-electron chi connectivity index (χ1n) is 11.8.